The Bertz CT molecular complexity index is 661. The van der Waals surface area contributed by atoms with Crippen molar-refractivity contribution in [1.29, 1.82) is 0 Å². The van der Waals surface area contributed by atoms with Crippen LogP contribution in [0.25, 0.3) is 0 Å². The smallest absolute Gasteiger partial charge is 0.254 e. The molecular weight excluding hydrogens is 309 g/mol. The highest BCUT2D eigenvalue weighted by Gasteiger charge is 2.18. The van der Waals surface area contributed by atoms with Gasteiger partial charge in [0.15, 0.2) is 0 Å². The molecule has 0 heterocycles. The first-order valence-corrected chi connectivity index (χ1v) is 6.93. The molecule has 0 aromatic heterocycles. The minimum absolute atomic E-state index is 0.117. The number of carbonyl (C=O) groups is 1. The predicted octanol–water partition coefficient (Wildman–Crippen LogP) is 2.95. The van der Waals surface area contributed by atoms with Gasteiger partial charge in [0.05, 0.1) is 25.3 Å². The van der Waals surface area contributed by atoms with E-state index in [0.717, 1.165) is 6.07 Å². The van der Waals surface area contributed by atoms with Crippen molar-refractivity contribution in [3.8, 4) is 5.75 Å². The summed E-state index contributed by atoms with van der Waals surface area (Å²) in [4.78, 5) is 12.1. The molecule has 2 N–H and O–H groups in total. The number of ether oxygens (including phenoxy) is 1. The number of hydrogen-bond acceptors (Lipinski definition) is 3. The molecule has 0 bridgehead atoms. The minimum atomic E-state index is -0.690. The first kappa shape index (κ1) is 16.3. The van der Waals surface area contributed by atoms with Crippen molar-refractivity contribution in [3.63, 3.8) is 0 Å². The Morgan fingerprint density at radius 2 is 2.00 bits per heavy atom. The lowest BCUT2D eigenvalue weighted by Gasteiger charge is -2.17. The van der Waals surface area contributed by atoms with Crippen LogP contribution in [-0.2, 0) is 0 Å². The van der Waals surface area contributed by atoms with E-state index < -0.39 is 17.8 Å². The second-order valence-corrected chi connectivity index (χ2v) is 5.04. The number of halogens is 2. The molecule has 0 saturated heterocycles. The first-order valence-electron chi connectivity index (χ1n) is 6.56. The van der Waals surface area contributed by atoms with Crippen molar-refractivity contribution in [1.82, 2.24) is 5.32 Å². The SMILES string of the molecule is COc1ccc(C(=O)NC(CO)c2ccc(Cl)cc2)c(F)c1. The van der Waals surface area contributed by atoms with Crippen LogP contribution in [0.2, 0.25) is 5.02 Å². The Morgan fingerprint density at radius 3 is 2.55 bits per heavy atom. The second kappa shape index (κ2) is 7.24. The fourth-order valence-corrected chi connectivity index (χ4v) is 2.10. The number of methoxy groups -OCH3 is 1. The molecule has 2 aromatic rings. The largest absolute Gasteiger partial charge is 0.497 e. The topological polar surface area (TPSA) is 58.6 Å². The van der Waals surface area contributed by atoms with Gasteiger partial charge >= 0.3 is 0 Å². The van der Waals surface area contributed by atoms with Gasteiger partial charge in [0, 0.05) is 11.1 Å². The van der Waals surface area contributed by atoms with Gasteiger partial charge in [-0.2, -0.15) is 0 Å². The van der Waals surface area contributed by atoms with Gasteiger partial charge in [-0.15, -0.1) is 0 Å². The number of amides is 1. The number of carbonyl (C=O) groups excluding carboxylic acids is 1. The van der Waals surface area contributed by atoms with Crippen LogP contribution < -0.4 is 10.1 Å². The molecule has 1 unspecified atom stereocenters. The number of hydrogen-bond donors (Lipinski definition) is 2. The third kappa shape index (κ3) is 3.75. The summed E-state index contributed by atoms with van der Waals surface area (Å²) in [6, 6.07) is 9.99. The molecule has 1 atom stereocenters. The Labute approximate surface area is 132 Å². The summed E-state index contributed by atoms with van der Waals surface area (Å²) in [5.74, 6) is -0.982. The zero-order valence-corrected chi connectivity index (χ0v) is 12.6. The lowest BCUT2D eigenvalue weighted by molar-refractivity contribution is 0.0912. The number of aliphatic hydroxyl groups is 1. The standard InChI is InChI=1S/C16H15ClFNO3/c1-22-12-6-7-13(14(18)8-12)16(21)19-15(9-20)10-2-4-11(17)5-3-10/h2-8,15,20H,9H2,1H3,(H,19,21). The molecule has 6 heteroatoms. The lowest BCUT2D eigenvalue weighted by Crippen LogP contribution is -2.31. The molecule has 0 spiro atoms. The summed E-state index contributed by atoms with van der Waals surface area (Å²) in [6.45, 7) is -0.314. The first-order chi connectivity index (χ1) is 10.5. The van der Waals surface area contributed by atoms with Crippen LogP contribution in [0.3, 0.4) is 0 Å². The van der Waals surface area contributed by atoms with E-state index in [4.69, 9.17) is 16.3 Å². The molecule has 116 valence electrons. The van der Waals surface area contributed by atoms with E-state index in [2.05, 4.69) is 5.32 Å². The molecule has 4 nitrogen and oxygen atoms in total. The van der Waals surface area contributed by atoms with Crippen LogP contribution in [0.4, 0.5) is 4.39 Å². The molecule has 2 rings (SSSR count). The zero-order valence-electron chi connectivity index (χ0n) is 11.8. The fourth-order valence-electron chi connectivity index (χ4n) is 1.97. The van der Waals surface area contributed by atoms with E-state index in [0.29, 0.717) is 16.3 Å². The molecule has 0 aliphatic rings. The summed E-state index contributed by atoms with van der Waals surface area (Å²) < 4.78 is 18.8. The Hall–Kier alpha value is -2.11. The highest BCUT2D eigenvalue weighted by atomic mass is 35.5. The number of aliphatic hydroxyl groups excluding tert-OH is 1. The second-order valence-electron chi connectivity index (χ2n) is 4.61. The molecular formula is C16H15ClFNO3. The average molecular weight is 324 g/mol. The van der Waals surface area contributed by atoms with E-state index in [1.807, 2.05) is 0 Å². The monoisotopic (exact) mass is 323 g/mol. The predicted molar refractivity (Wildman–Crippen MR) is 81.7 cm³/mol. The zero-order chi connectivity index (χ0) is 16.1. The molecule has 0 aliphatic carbocycles. The molecule has 0 radical (unpaired) electrons. The minimum Gasteiger partial charge on any atom is -0.497 e. The third-order valence-corrected chi connectivity index (χ3v) is 3.43. The van der Waals surface area contributed by atoms with Gasteiger partial charge in [0.25, 0.3) is 5.91 Å². The van der Waals surface area contributed by atoms with Crippen molar-refractivity contribution in [2.24, 2.45) is 0 Å². The normalized spacial score (nSPS) is 11.8. The summed E-state index contributed by atoms with van der Waals surface area (Å²) >= 11 is 5.80. The third-order valence-electron chi connectivity index (χ3n) is 3.18. The Morgan fingerprint density at radius 1 is 1.32 bits per heavy atom. The maximum Gasteiger partial charge on any atom is 0.254 e. The van der Waals surface area contributed by atoms with Gasteiger partial charge < -0.3 is 15.2 Å². The van der Waals surface area contributed by atoms with Gasteiger partial charge in [-0.3, -0.25) is 4.79 Å². The van der Waals surface area contributed by atoms with Crippen LogP contribution >= 0.6 is 11.6 Å². The molecule has 0 fully saturated rings. The van der Waals surface area contributed by atoms with Crippen molar-refractivity contribution in [3.05, 3.63) is 64.4 Å². The van der Waals surface area contributed by atoms with Crippen LogP contribution in [0.1, 0.15) is 22.0 Å². The average Bonchev–Trinajstić information content (AvgIpc) is 2.53. The lowest BCUT2D eigenvalue weighted by atomic mass is 10.1. The highest BCUT2D eigenvalue weighted by molar-refractivity contribution is 6.30. The van der Waals surface area contributed by atoms with E-state index in [-0.39, 0.29) is 12.2 Å². The van der Waals surface area contributed by atoms with Crippen LogP contribution in [-0.4, -0.2) is 24.7 Å². The summed E-state index contributed by atoms with van der Waals surface area (Å²) in [5, 5.41) is 12.6. The number of rotatable bonds is 5. The van der Waals surface area contributed by atoms with Gasteiger partial charge in [0.2, 0.25) is 0 Å². The summed E-state index contributed by atoms with van der Waals surface area (Å²) in [7, 11) is 1.41. The van der Waals surface area contributed by atoms with Gasteiger partial charge in [-0.05, 0) is 29.8 Å². The maximum absolute atomic E-state index is 13.9. The van der Waals surface area contributed by atoms with Crippen molar-refractivity contribution in [2.75, 3.05) is 13.7 Å². The van der Waals surface area contributed by atoms with Gasteiger partial charge in [0.1, 0.15) is 11.6 Å². The van der Waals surface area contributed by atoms with Crippen LogP contribution in [0, 0.1) is 5.82 Å². The maximum atomic E-state index is 13.9. The van der Waals surface area contributed by atoms with Crippen LogP contribution in [0.15, 0.2) is 42.5 Å². The highest BCUT2D eigenvalue weighted by Crippen LogP contribution is 2.19. The van der Waals surface area contributed by atoms with E-state index >= 15 is 0 Å². The summed E-state index contributed by atoms with van der Waals surface area (Å²) in [6.07, 6.45) is 0. The van der Waals surface area contributed by atoms with Crippen molar-refractivity contribution < 1.29 is 19.0 Å². The Kier molecular flexibility index (Phi) is 5.35. The number of benzene rings is 2. The fraction of sp³-hybridized carbons (Fsp3) is 0.188. The van der Waals surface area contributed by atoms with E-state index in [9.17, 15) is 14.3 Å². The molecule has 2 aromatic carbocycles. The number of nitrogens with one attached hydrogen (secondary N) is 1. The van der Waals surface area contributed by atoms with E-state index in [1.54, 1.807) is 24.3 Å². The molecule has 1 amide bonds. The molecule has 22 heavy (non-hydrogen) atoms. The summed E-state index contributed by atoms with van der Waals surface area (Å²) in [5.41, 5.74) is 0.558. The quantitative estimate of drug-likeness (QED) is 0.889. The van der Waals surface area contributed by atoms with E-state index in [1.165, 1.54) is 19.2 Å². The Balaban J connectivity index is 2.17. The van der Waals surface area contributed by atoms with Crippen molar-refractivity contribution in [2.45, 2.75) is 6.04 Å². The molecule has 0 saturated carbocycles. The molecule has 0 aliphatic heterocycles. The van der Waals surface area contributed by atoms with Gasteiger partial charge in [-0.1, -0.05) is 23.7 Å². The van der Waals surface area contributed by atoms with Gasteiger partial charge in [-0.25, -0.2) is 4.39 Å². The van der Waals surface area contributed by atoms with Crippen LogP contribution in [0.5, 0.6) is 5.75 Å². The van der Waals surface area contributed by atoms with Crippen molar-refractivity contribution >= 4 is 17.5 Å².